The summed E-state index contributed by atoms with van der Waals surface area (Å²) < 4.78 is 6.86. The van der Waals surface area contributed by atoms with Gasteiger partial charge in [0.05, 0.1) is 18.4 Å². The van der Waals surface area contributed by atoms with Crippen LogP contribution in [0.15, 0.2) is 58.4 Å². The highest BCUT2D eigenvalue weighted by molar-refractivity contribution is 9.10. The van der Waals surface area contributed by atoms with E-state index >= 15 is 0 Å². The molecule has 2 aromatic carbocycles. The van der Waals surface area contributed by atoms with E-state index in [0.717, 1.165) is 32.1 Å². The summed E-state index contributed by atoms with van der Waals surface area (Å²) in [6.45, 7) is 2.61. The van der Waals surface area contributed by atoms with E-state index in [0.29, 0.717) is 6.61 Å². The van der Waals surface area contributed by atoms with Gasteiger partial charge < -0.3 is 9.84 Å². The Hall–Kier alpha value is -1.69. The number of rotatable bonds is 3. The SMILES string of the molecule is CC(c1csc(-c2ccccc2)n1)C1COc2cc(Br)ccc2C1O. The van der Waals surface area contributed by atoms with Gasteiger partial charge in [-0.2, -0.15) is 0 Å². The number of nitrogens with zero attached hydrogens (tertiary/aromatic N) is 1. The van der Waals surface area contributed by atoms with Gasteiger partial charge in [0.25, 0.3) is 0 Å². The van der Waals surface area contributed by atoms with Crippen molar-refractivity contribution < 1.29 is 9.84 Å². The zero-order valence-corrected chi connectivity index (χ0v) is 16.1. The number of hydrogen-bond acceptors (Lipinski definition) is 4. The van der Waals surface area contributed by atoms with Crippen LogP contribution >= 0.6 is 27.3 Å². The molecule has 0 spiro atoms. The van der Waals surface area contributed by atoms with Crippen molar-refractivity contribution in [3.8, 4) is 16.3 Å². The molecule has 0 aliphatic carbocycles. The van der Waals surface area contributed by atoms with Gasteiger partial charge in [0.2, 0.25) is 0 Å². The fourth-order valence-corrected chi connectivity index (χ4v) is 4.50. The molecular formula is C20H18BrNO2S. The summed E-state index contributed by atoms with van der Waals surface area (Å²) in [5, 5.41) is 14.0. The van der Waals surface area contributed by atoms with E-state index < -0.39 is 6.10 Å². The maximum absolute atomic E-state index is 10.8. The lowest BCUT2D eigenvalue weighted by atomic mass is 9.83. The highest BCUT2D eigenvalue weighted by Gasteiger charge is 2.35. The molecule has 0 saturated carbocycles. The number of halogens is 1. The van der Waals surface area contributed by atoms with E-state index in [1.807, 2.05) is 36.4 Å². The van der Waals surface area contributed by atoms with Crippen molar-refractivity contribution >= 4 is 27.3 Å². The molecule has 25 heavy (non-hydrogen) atoms. The molecule has 3 nitrogen and oxygen atoms in total. The van der Waals surface area contributed by atoms with Crippen LogP contribution in [0.4, 0.5) is 0 Å². The zero-order valence-electron chi connectivity index (χ0n) is 13.7. The van der Waals surface area contributed by atoms with E-state index in [9.17, 15) is 5.11 Å². The van der Waals surface area contributed by atoms with Crippen LogP contribution in [0.2, 0.25) is 0 Å². The third kappa shape index (κ3) is 3.24. The maximum Gasteiger partial charge on any atom is 0.126 e. The smallest absolute Gasteiger partial charge is 0.126 e. The number of aliphatic hydroxyl groups is 1. The molecule has 128 valence electrons. The lowest BCUT2D eigenvalue weighted by Crippen LogP contribution is -2.30. The Morgan fingerprint density at radius 1 is 1.24 bits per heavy atom. The molecule has 1 N–H and O–H groups in total. The zero-order chi connectivity index (χ0) is 17.4. The summed E-state index contributed by atoms with van der Waals surface area (Å²) in [6.07, 6.45) is -0.547. The summed E-state index contributed by atoms with van der Waals surface area (Å²) >= 11 is 5.09. The van der Waals surface area contributed by atoms with Gasteiger partial charge >= 0.3 is 0 Å². The molecule has 0 saturated heterocycles. The number of aliphatic hydroxyl groups excluding tert-OH is 1. The van der Waals surface area contributed by atoms with Crippen molar-refractivity contribution in [2.24, 2.45) is 5.92 Å². The third-order valence-electron chi connectivity index (χ3n) is 4.78. The molecule has 1 aromatic heterocycles. The van der Waals surface area contributed by atoms with Gasteiger partial charge in [0, 0.05) is 32.8 Å². The van der Waals surface area contributed by atoms with Crippen LogP contribution in [-0.2, 0) is 0 Å². The predicted molar refractivity (Wildman–Crippen MR) is 104 cm³/mol. The third-order valence-corrected chi connectivity index (χ3v) is 6.19. The van der Waals surface area contributed by atoms with Crippen molar-refractivity contribution in [1.82, 2.24) is 4.98 Å². The molecule has 0 fully saturated rings. The molecule has 3 atom stereocenters. The lowest BCUT2D eigenvalue weighted by molar-refractivity contribution is 0.0379. The van der Waals surface area contributed by atoms with Gasteiger partial charge in [-0.25, -0.2) is 4.98 Å². The fraction of sp³-hybridized carbons (Fsp3) is 0.250. The number of thiazole rings is 1. The highest BCUT2D eigenvalue weighted by atomic mass is 79.9. The van der Waals surface area contributed by atoms with Crippen molar-refractivity contribution in [3.63, 3.8) is 0 Å². The van der Waals surface area contributed by atoms with E-state index in [2.05, 4.69) is 40.4 Å². The van der Waals surface area contributed by atoms with Gasteiger partial charge in [0.1, 0.15) is 10.8 Å². The van der Waals surface area contributed by atoms with Crippen molar-refractivity contribution in [3.05, 3.63) is 69.6 Å². The van der Waals surface area contributed by atoms with Crippen LogP contribution in [-0.4, -0.2) is 16.7 Å². The van der Waals surface area contributed by atoms with Crippen LogP contribution in [0.3, 0.4) is 0 Å². The minimum absolute atomic E-state index is 0.0144. The molecule has 1 aliphatic rings. The van der Waals surface area contributed by atoms with Gasteiger partial charge in [-0.05, 0) is 12.1 Å². The van der Waals surface area contributed by atoms with Gasteiger partial charge in [-0.3, -0.25) is 0 Å². The molecule has 2 heterocycles. The molecule has 4 rings (SSSR count). The second-order valence-electron chi connectivity index (χ2n) is 6.33. The topological polar surface area (TPSA) is 42.4 Å². The fourth-order valence-electron chi connectivity index (χ4n) is 3.23. The molecule has 3 aromatic rings. The first-order valence-corrected chi connectivity index (χ1v) is 9.92. The quantitative estimate of drug-likeness (QED) is 0.620. The molecular weight excluding hydrogens is 398 g/mol. The minimum Gasteiger partial charge on any atom is -0.493 e. The van der Waals surface area contributed by atoms with Crippen molar-refractivity contribution in [2.45, 2.75) is 18.9 Å². The summed E-state index contributed by atoms with van der Waals surface area (Å²) in [7, 11) is 0. The Bertz CT molecular complexity index is 880. The van der Waals surface area contributed by atoms with E-state index in [1.165, 1.54) is 0 Å². The minimum atomic E-state index is -0.547. The number of fused-ring (bicyclic) bond motifs is 1. The number of aromatic nitrogens is 1. The molecule has 0 amide bonds. The monoisotopic (exact) mass is 415 g/mol. The van der Waals surface area contributed by atoms with Gasteiger partial charge in [-0.15, -0.1) is 11.3 Å². The maximum atomic E-state index is 10.8. The number of ether oxygens (including phenoxy) is 1. The second-order valence-corrected chi connectivity index (χ2v) is 8.11. The largest absolute Gasteiger partial charge is 0.493 e. The Balaban J connectivity index is 1.58. The summed E-state index contributed by atoms with van der Waals surface area (Å²) in [4.78, 5) is 4.80. The first kappa shape index (κ1) is 16.8. The highest BCUT2D eigenvalue weighted by Crippen LogP contribution is 2.43. The van der Waals surface area contributed by atoms with Crippen LogP contribution in [0, 0.1) is 5.92 Å². The first-order chi connectivity index (χ1) is 12.1. The molecule has 3 unspecified atom stereocenters. The van der Waals surface area contributed by atoms with Crippen LogP contribution in [0.5, 0.6) is 5.75 Å². The Labute approximate surface area is 159 Å². The van der Waals surface area contributed by atoms with E-state index in [1.54, 1.807) is 11.3 Å². The van der Waals surface area contributed by atoms with Crippen LogP contribution in [0.25, 0.3) is 10.6 Å². The summed E-state index contributed by atoms with van der Waals surface area (Å²) in [5.41, 5.74) is 2.99. The average Bonchev–Trinajstić information content (AvgIpc) is 3.12. The Kier molecular flexibility index (Phi) is 4.63. The van der Waals surface area contributed by atoms with Gasteiger partial charge in [0.15, 0.2) is 0 Å². The Morgan fingerprint density at radius 3 is 2.84 bits per heavy atom. The standard InChI is InChI=1S/C20H18BrNO2S/c1-12(17-11-25-20(22-17)13-5-3-2-4-6-13)16-10-24-18-9-14(21)7-8-15(18)19(16)23/h2-9,11-12,16,19,23H,10H2,1H3. The van der Waals surface area contributed by atoms with Crippen molar-refractivity contribution in [1.29, 1.82) is 0 Å². The number of benzene rings is 2. The Morgan fingerprint density at radius 2 is 2.04 bits per heavy atom. The summed E-state index contributed by atoms with van der Waals surface area (Å²) in [5.74, 6) is 0.855. The average molecular weight is 416 g/mol. The lowest BCUT2D eigenvalue weighted by Gasteiger charge is -2.33. The predicted octanol–water partition coefficient (Wildman–Crippen LogP) is 5.42. The van der Waals surface area contributed by atoms with Crippen LogP contribution in [0.1, 0.15) is 30.2 Å². The first-order valence-electron chi connectivity index (χ1n) is 8.24. The molecule has 0 bridgehead atoms. The molecule has 5 heteroatoms. The summed E-state index contributed by atoms with van der Waals surface area (Å²) in [6, 6.07) is 16.0. The normalized spacial score (nSPS) is 20.6. The van der Waals surface area contributed by atoms with Crippen molar-refractivity contribution in [2.75, 3.05) is 6.61 Å². The van der Waals surface area contributed by atoms with E-state index in [-0.39, 0.29) is 11.8 Å². The number of hydrogen-bond donors (Lipinski definition) is 1. The van der Waals surface area contributed by atoms with Crippen LogP contribution < -0.4 is 4.74 Å². The second kappa shape index (κ2) is 6.90. The van der Waals surface area contributed by atoms with Gasteiger partial charge in [-0.1, -0.05) is 59.3 Å². The molecule has 1 aliphatic heterocycles. The van der Waals surface area contributed by atoms with E-state index in [4.69, 9.17) is 9.72 Å². The molecule has 0 radical (unpaired) electrons.